The van der Waals surface area contributed by atoms with Gasteiger partial charge < -0.3 is 10.6 Å². The Hall–Kier alpha value is -3.03. The van der Waals surface area contributed by atoms with E-state index in [2.05, 4.69) is 37.6 Å². The van der Waals surface area contributed by atoms with Gasteiger partial charge in [-0.15, -0.1) is 6.42 Å². The van der Waals surface area contributed by atoms with Gasteiger partial charge in [-0.3, -0.25) is 4.99 Å². The maximum absolute atomic E-state index is 9.48. The zero-order valence-electron chi connectivity index (χ0n) is 14.1. The highest BCUT2D eigenvalue weighted by molar-refractivity contribution is 8.06. The summed E-state index contributed by atoms with van der Waals surface area (Å²) in [4.78, 5) is 12.6. The molecule has 1 aromatic rings. The van der Waals surface area contributed by atoms with Crippen molar-refractivity contribution < 1.29 is 0 Å². The Morgan fingerprint density at radius 1 is 1.56 bits per heavy atom. The topological polar surface area (TPSA) is 86.0 Å². The summed E-state index contributed by atoms with van der Waals surface area (Å²) >= 11 is 1.48. The predicted molar refractivity (Wildman–Crippen MR) is 103 cm³/mol. The average molecular weight is 350 g/mol. The molecule has 1 aliphatic rings. The molecule has 0 saturated carbocycles. The van der Waals surface area contributed by atoms with Crippen molar-refractivity contribution in [3.63, 3.8) is 0 Å². The van der Waals surface area contributed by atoms with E-state index in [0.717, 1.165) is 16.3 Å². The molecule has 0 amide bonds. The van der Waals surface area contributed by atoms with Gasteiger partial charge in [-0.1, -0.05) is 17.7 Å². The second-order valence-electron chi connectivity index (χ2n) is 5.08. The lowest BCUT2D eigenvalue weighted by molar-refractivity contribution is 0.994. The smallest absolute Gasteiger partial charge is 0.223 e. The summed E-state index contributed by atoms with van der Waals surface area (Å²) in [6.45, 7) is 2.55. The number of anilines is 1. The van der Waals surface area contributed by atoms with Gasteiger partial charge in [-0.05, 0) is 36.5 Å². The summed E-state index contributed by atoms with van der Waals surface area (Å²) in [7, 11) is 1.70. The number of aromatic nitrogens is 2. The van der Waals surface area contributed by atoms with Crippen LogP contribution in [0.5, 0.6) is 0 Å². The van der Waals surface area contributed by atoms with Crippen molar-refractivity contribution in [2.45, 2.75) is 13.3 Å². The number of nitrogens with zero attached hydrogens (tertiary/aromatic N) is 4. The molecule has 126 valence electrons. The third kappa shape index (κ3) is 5.23. The summed E-state index contributed by atoms with van der Waals surface area (Å²) in [5.41, 5.74) is 3.02. The van der Waals surface area contributed by atoms with Crippen LogP contribution in [0.2, 0.25) is 0 Å². The molecule has 1 aromatic heterocycles. The van der Waals surface area contributed by atoms with E-state index < -0.39 is 0 Å². The highest BCUT2D eigenvalue weighted by atomic mass is 32.2. The number of rotatable bonds is 6. The molecular weight excluding hydrogens is 332 g/mol. The second kappa shape index (κ2) is 9.31. The fourth-order valence-electron chi connectivity index (χ4n) is 2.08. The highest BCUT2D eigenvalue weighted by Gasteiger charge is 2.15. The Labute approximate surface area is 151 Å². The van der Waals surface area contributed by atoms with Crippen molar-refractivity contribution in [3.05, 3.63) is 45.7 Å². The van der Waals surface area contributed by atoms with Crippen molar-refractivity contribution in [2.24, 2.45) is 4.99 Å². The molecule has 25 heavy (non-hydrogen) atoms. The SMILES string of the molecule is C#C/C=C(\C=NC)CCNc1nccc(/C(C#N)=C2/NC(C)=CS2)n1. The number of nitrogens with one attached hydrogen (secondary N) is 2. The number of terminal acetylenes is 1. The molecule has 0 aromatic carbocycles. The van der Waals surface area contributed by atoms with Crippen LogP contribution in [-0.4, -0.2) is 29.8 Å². The summed E-state index contributed by atoms with van der Waals surface area (Å²) in [6, 6.07) is 3.93. The van der Waals surface area contributed by atoms with Gasteiger partial charge in [0.2, 0.25) is 5.95 Å². The van der Waals surface area contributed by atoms with E-state index in [0.29, 0.717) is 30.2 Å². The molecule has 7 heteroatoms. The van der Waals surface area contributed by atoms with Gasteiger partial charge in [0.1, 0.15) is 11.6 Å². The minimum Gasteiger partial charge on any atom is -0.354 e. The van der Waals surface area contributed by atoms with E-state index in [1.165, 1.54) is 11.8 Å². The van der Waals surface area contributed by atoms with Gasteiger partial charge in [-0.2, -0.15) is 5.26 Å². The largest absolute Gasteiger partial charge is 0.354 e. The third-order valence-corrected chi connectivity index (χ3v) is 4.19. The maximum atomic E-state index is 9.48. The zero-order chi connectivity index (χ0) is 18.1. The molecule has 6 nitrogen and oxygen atoms in total. The molecule has 2 rings (SSSR count). The van der Waals surface area contributed by atoms with Gasteiger partial charge in [0.25, 0.3) is 0 Å². The third-order valence-electron chi connectivity index (χ3n) is 3.18. The van der Waals surface area contributed by atoms with E-state index >= 15 is 0 Å². The normalized spacial score (nSPS) is 16.0. The second-order valence-corrected chi connectivity index (χ2v) is 5.95. The Kier molecular flexibility index (Phi) is 6.82. The van der Waals surface area contributed by atoms with Crippen LogP contribution in [0.1, 0.15) is 19.0 Å². The van der Waals surface area contributed by atoms with Gasteiger partial charge >= 0.3 is 0 Å². The summed E-state index contributed by atoms with van der Waals surface area (Å²) in [5.74, 6) is 2.96. The molecule has 0 radical (unpaired) electrons. The summed E-state index contributed by atoms with van der Waals surface area (Å²) in [5, 5.41) is 18.5. The zero-order valence-corrected chi connectivity index (χ0v) is 14.9. The standard InChI is InChI=1S/C18H18N6S/c1-4-5-14(11-20-3)6-8-21-18-22-9-7-16(24-18)15(10-19)17-23-13(2)12-25-17/h1,5,7,9,11-12,23H,6,8H2,2-3H3,(H,21,22,24)/b14-5-,17-15-,20-11?. The lowest BCUT2D eigenvalue weighted by Gasteiger charge is -2.08. The molecule has 0 saturated heterocycles. The monoisotopic (exact) mass is 350 g/mol. The molecule has 1 aliphatic heterocycles. The van der Waals surface area contributed by atoms with Crippen LogP contribution >= 0.6 is 11.8 Å². The Morgan fingerprint density at radius 2 is 2.40 bits per heavy atom. The minimum atomic E-state index is 0.465. The maximum Gasteiger partial charge on any atom is 0.223 e. The van der Waals surface area contributed by atoms with Crippen molar-refractivity contribution in [2.75, 3.05) is 18.9 Å². The predicted octanol–water partition coefficient (Wildman–Crippen LogP) is 2.93. The molecule has 0 spiro atoms. The van der Waals surface area contributed by atoms with Gasteiger partial charge in [0.05, 0.1) is 10.7 Å². The van der Waals surface area contributed by atoms with Gasteiger partial charge in [0, 0.05) is 31.7 Å². The van der Waals surface area contributed by atoms with Crippen molar-refractivity contribution in [1.82, 2.24) is 15.3 Å². The Bertz CT molecular complexity index is 836. The first-order valence-corrected chi connectivity index (χ1v) is 8.45. The minimum absolute atomic E-state index is 0.465. The van der Waals surface area contributed by atoms with E-state index in [1.807, 2.05) is 12.3 Å². The number of thioether (sulfide) groups is 1. The van der Waals surface area contributed by atoms with Crippen LogP contribution in [0.3, 0.4) is 0 Å². The number of allylic oxidation sites excluding steroid dienone is 3. The summed E-state index contributed by atoms with van der Waals surface area (Å²) < 4.78 is 0. The molecule has 0 unspecified atom stereocenters. The van der Waals surface area contributed by atoms with Gasteiger partial charge in [-0.25, -0.2) is 9.97 Å². The molecule has 0 fully saturated rings. The van der Waals surface area contributed by atoms with Crippen LogP contribution in [0.25, 0.3) is 5.57 Å². The number of hydrogen-bond acceptors (Lipinski definition) is 7. The molecule has 2 heterocycles. The fourth-order valence-corrected chi connectivity index (χ4v) is 2.92. The van der Waals surface area contributed by atoms with E-state index in [4.69, 9.17) is 6.42 Å². The molecule has 0 atom stereocenters. The number of nitriles is 1. The number of aliphatic imine (C=N–C) groups is 1. The Morgan fingerprint density at radius 3 is 3.04 bits per heavy atom. The van der Waals surface area contributed by atoms with Crippen molar-refractivity contribution >= 4 is 29.5 Å². The van der Waals surface area contributed by atoms with Crippen molar-refractivity contribution in [3.8, 4) is 18.4 Å². The Balaban J connectivity index is 2.08. The first kappa shape index (κ1) is 18.3. The van der Waals surface area contributed by atoms with E-state index in [-0.39, 0.29) is 0 Å². The lowest BCUT2D eigenvalue weighted by atomic mass is 10.2. The van der Waals surface area contributed by atoms with E-state index in [1.54, 1.807) is 31.6 Å². The molecule has 2 N–H and O–H groups in total. The van der Waals surface area contributed by atoms with Gasteiger partial charge in [0.15, 0.2) is 0 Å². The van der Waals surface area contributed by atoms with Crippen LogP contribution in [0, 0.1) is 23.7 Å². The van der Waals surface area contributed by atoms with Crippen LogP contribution in [-0.2, 0) is 0 Å². The van der Waals surface area contributed by atoms with E-state index in [9.17, 15) is 5.26 Å². The highest BCUT2D eigenvalue weighted by Crippen LogP contribution is 2.30. The summed E-state index contributed by atoms with van der Waals surface area (Å²) in [6.07, 6.45) is 11.0. The number of hydrogen-bond donors (Lipinski definition) is 2. The first-order chi connectivity index (χ1) is 12.2. The van der Waals surface area contributed by atoms with Crippen molar-refractivity contribution in [1.29, 1.82) is 5.26 Å². The first-order valence-electron chi connectivity index (χ1n) is 7.57. The lowest BCUT2D eigenvalue weighted by Crippen LogP contribution is -2.09. The van der Waals surface area contributed by atoms with Crippen LogP contribution in [0.15, 0.2) is 45.0 Å². The average Bonchev–Trinajstić information content (AvgIpc) is 3.02. The fraction of sp³-hybridized carbons (Fsp3) is 0.222. The molecule has 0 aliphatic carbocycles. The quantitative estimate of drug-likeness (QED) is 0.466. The van der Waals surface area contributed by atoms with Crippen LogP contribution < -0.4 is 10.6 Å². The van der Waals surface area contributed by atoms with Crippen LogP contribution in [0.4, 0.5) is 5.95 Å². The molecule has 0 bridgehead atoms. The molecular formula is C18H18N6S.